The minimum absolute atomic E-state index is 0.203. The maximum absolute atomic E-state index is 5.52. The zero-order chi connectivity index (χ0) is 10.3. The normalized spacial score (nSPS) is 16.2. The van der Waals surface area contributed by atoms with Crippen LogP contribution in [0, 0.1) is 0 Å². The van der Waals surface area contributed by atoms with Crippen molar-refractivity contribution in [2.45, 2.75) is 45.9 Å². The molecule has 0 aromatic carbocycles. The lowest BCUT2D eigenvalue weighted by atomic mass is 10.2. The average Bonchev–Trinajstić information content (AvgIpc) is 2.05. The summed E-state index contributed by atoms with van der Waals surface area (Å²) in [6.07, 6.45) is 0.485. The van der Waals surface area contributed by atoms with Crippen LogP contribution < -0.4 is 5.32 Å². The van der Waals surface area contributed by atoms with Gasteiger partial charge in [-0.3, -0.25) is 0 Å². The van der Waals surface area contributed by atoms with Crippen molar-refractivity contribution in [2.75, 3.05) is 20.3 Å². The second-order valence-electron chi connectivity index (χ2n) is 3.44. The highest BCUT2D eigenvalue weighted by molar-refractivity contribution is 4.71. The molecule has 0 aliphatic carbocycles. The van der Waals surface area contributed by atoms with Crippen LogP contribution in [0.2, 0.25) is 0 Å². The van der Waals surface area contributed by atoms with Gasteiger partial charge in [-0.2, -0.15) is 0 Å². The van der Waals surface area contributed by atoms with Gasteiger partial charge in [0.1, 0.15) is 0 Å². The predicted molar refractivity (Wildman–Crippen MR) is 55.0 cm³/mol. The van der Waals surface area contributed by atoms with Crippen molar-refractivity contribution in [3.8, 4) is 0 Å². The van der Waals surface area contributed by atoms with Gasteiger partial charge in [0, 0.05) is 6.61 Å². The van der Waals surface area contributed by atoms with E-state index in [0.29, 0.717) is 6.61 Å². The fourth-order valence-corrected chi connectivity index (χ4v) is 1.13. The van der Waals surface area contributed by atoms with E-state index in [4.69, 9.17) is 9.47 Å². The van der Waals surface area contributed by atoms with Gasteiger partial charge in [0.15, 0.2) is 0 Å². The molecule has 0 saturated heterocycles. The van der Waals surface area contributed by atoms with Gasteiger partial charge in [-0.15, -0.1) is 0 Å². The minimum atomic E-state index is 0.203. The molecular weight excluding hydrogens is 166 g/mol. The second-order valence-corrected chi connectivity index (χ2v) is 3.44. The SMILES string of the molecule is CCOC(C)C(COC(C)C)NC. The molecule has 0 heterocycles. The summed E-state index contributed by atoms with van der Waals surface area (Å²) in [6.45, 7) is 9.60. The van der Waals surface area contributed by atoms with Gasteiger partial charge in [-0.25, -0.2) is 0 Å². The van der Waals surface area contributed by atoms with Crippen LogP contribution >= 0.6 is 0 Å². The number of hydrogen-bond donors (Lipinski definition) is 1. The molecule has 3 heteroatoms. The highest BCUT2D eigenvalue weighted by Gasteiger charge is 2.15. The van der Waals surface area contributed by atoms with Crippen molar-refractivity contribution in [1.29, 1.82) is 0 Å². The first-order chi connectivity index (χ1) is 6.11. The molecule has 0 saturated carbocycles. The van der Waals surface area contributed by atoms with Gasteiger partial charge in [0.05, 0.1) is 24.9 Å². The van der Waals surface area contributed by atoms with Crippen molar-refractivity contribution >= 4 is 0 Å². The summed E-state index contributed by atoms with van der Waals surface area (Å²) in [6, 6.07) is 0.280. The van der Waals surface area contributed by atoms with Crippen LogP contribution in [-0.2, 0) is 9.47 Å². The van der Waals surface area contributed by atoms with Crippen LogP contribution in [0.25, 0.3) is 0 Å². The molecule has 0 aromatic heterocycles. The Hall–Kier alpha value is -0.120. The first-order valence-corrected chi connectivity index (χ1v) is 5.02. The summed E-state index contributed by atoms with van der Waals surface area (Å²) in [5, 5.41) is 3.19. The molecule has 0 bridgehead atoms. The van der Waals surface area contributed by atoms with Gasteiger partial charge < -0.3 is 14.8 Å². The third-order valence-electron chi connectivity index (χ3n) is 1.98. The van der Waals surface area contributed by atoms with Crippen molar-refractivity contribution in [3.63, 3.8) is 0 Å². The van der Waals surface area contributed by atoms with Crippen molar-refractivity contribution in [1.82, 2.24) is 5.32 Å². The van der Waals surface area contributed by atoms with Gasteiger partial charge in [-0.05, 0) is 34.7 Å². The summed E-state index contributed by atoms with van der Waals surface area (Å²) in [7, 11) is 1.93. The molecule has 13 heavy (non-hydrogen) atoms. The first-order valence-electron chi connectivity index (χ1n) is 5.02. The Kier molecular flexibility index (Phi) is 7.23. The molecule has 0 amide bonds. The smallest absolute Gasteiger partial charge is 0.0722 e. The van der Waals surface area contributed by atoms with E-state index in [0.717, 1.165) is 6.61 Å². The molecule has 0 aliphatic rings. The zero-order valence-corrected chi connectivity index (χ0v) is 9.46. The molecular formula is C10H23NO2. The lowest BCUT2D eigenvalue weighted by Gasteiger charge is -2.24. The topological polar surface area (TPSA) is 30.5 Å². The summed E-state index contributed by atoms with van der Waals surface area (Å²) < 4.78 is 11.0. The molecule has 0 radical (unpaired) electrons. The Morgan fingerprint density at radius 1 is 1.15 bits per heavy atom. The summed E-state index contributed by atoms with van der Waals surface area (Å²) in [4.78, 5) is 0. The lowest BCUT2D eigenvalue weighted by molar-refractivity contribution is -0.00343. The van der Waals surface area contributed by atoms with Crippen LogP contribution in [0.3, 0.4) is 0 Å². The van der Waals surface area contributed by atoms with E-state index in [9.17, 15) is 0 Å². The first kappa shape index (κ1) is 12.9. The minimum Gasteiger partial charge on any atom is -0.377 e. The van der Waals surface area contributed by atoms with Gasteiger partial charge in [0.25, 0.3) is 0 Å². The Bertz CT molecular complexity index is 117. The summed E-state index contributed by atoms with van der Waals surface area (Å²) >= 11 is 0. The van der Waals surface area contributed by atoms with Crippen molar-refractivity contribution in [2.24, 2.45) is 0 Å². The Morgan fingerprint density at radius 2 is 1.77 bits per heavy atom. The quantitative estimate of drug-likeness (QED) is 0.657. The molecule has 2 unspecified atom stereocenters. The standard InChI is InChI=1S/C10H23NO2/c1-6-12-9(4)10(11-5)7-13-8(2)3/h8-11H,6-7H2,1-5H3. The van der Waals surface area contributed by atoms with Crippen LogP contribution in [-0.4, -0.2) is 38.5 Å². The Labute approximate surface area is 81.8 Å². The van der Waals surface area contributed by atoms with E-state index in [2.05, 4.69) is 12.2 Å². The number of rotatable bonds is 7. The van der Waals surface area contributed by atoms with E-state index >= 15 is 0 Å². The third-order valence-corrected chi connectivity index (χ3v) is 1.98. The largest absolute Gasteiger partial charge is 0.377 e. The van der Waals surface area contributed by atoms with Crippen LogP contribution in [0.4, 0.5) is 0 Å². The van der Waals surface area contributed by atoms with Crippen LogP contribution in [0.5, 0.6) is 0 Å². The monoisotopic (exact) mass is 189 g/mol. The number of ether oxygens (including phenoxy) is 2. The van der Waals surface area contributed by atoms with E-state index in [-0.39, 0.29) is 18.2 Å². The van der Waals surface area contributed by atoms with E-state index in [1.165, 1.54) is 0 Å². The molecule has 80 valence electrons. The highest BCUT2D eigenvalue weighted by Crippen LogP contribution is 2.01. The summed E-state index contributed by atoms with van der Waals surface area (Å²) in [5.74, 6) is 0. The number of nitrogens with one attached hydrogen (secondary N) is 1. The maximum atomic E-state index is 5.52. The second kappa shape index (κ2) is 7.30. The molecule has 0 fully saturated rings. The predicted octanol–water partition coefficient (Wildman–Crippen LogP) is 1.42. The molecule has 2 atom stereocenters. The Morgan fingerprint density at radius 3 is 2.15 bits per heavy atom. The van der Waals surface area contributed by atoms with Crippen LogP contribution in [0.15, 0.2) is 0 Å². The number of hydrogen-bond acceptors (Lipinski definition) is 3. The highest BCUT2D eigenvalue weighted by atomic mass is 16.5. The maximum Gasteiger partial charge on any atom is 0.0722 e. The summed E-state index contributed by atoms with van der Waals surface area (Å²) in [5.41, 5.74) is 0. The van der Waals surface area contributed by atoms with E-state index in [1.807, 2.05) is 27.8 Å². The van der Waals surface area contributed by atoms with Crippen molar-refractivity contribution in [3.05, 3.63) is 0 Å². The molecule has 3 nitrogen and oxygen atoms in total. The van der Waals surface area contributed by atoms with Crippen molar-refractivity contribution < 1.29 is 9.47 Å². The fraction of sp³-hybridized carbons (Fsp3) is 1.00. The lowest BCUT2D eigenvalue weighted by Crippen LogP contribution is -2.41. The van der Waals surface area contributed by atoms with E-state index in [1.54, 1.807) is 0 Å². The zero-order valence-electron chi connectivity index (χ0n) is 9.46. The van der Waals surface area contributed by atoms with Gasteiger partial charge in [0.2, 0.25) is 0 Å². The molecule has 0 rings (SSSR count). The van der Waals surface area contributed by atoms with E-state index < -0.39 is 0 Å². The molecule has 0 aromatic rings. The average molecular weight is 189 g/mol. The van der Waals surface area contributed by atoms with Gasteiger partial charge in [-0.1, -0.05) is 0 Å². The Balaban J connectivity index is 3.73. The molecule has 1 N–H and O–H groups in total. The van der Waals surface area contributed by atoms with Gasteiger partial charge >= 0.3 is 0 Å². The third kappa shape index (κ3) is 6.02. The molecule has 0 aliphatic heterocycles. The van der Waals surface area contributed by atoms with Crippen LogP contribution in [0.1, 0.15) is 27.7 Å². The molecule has 0 spiro atoms. The number of likely N-dealkylation sites (N-methyl/N-ethyl adjacent to an activating group) is 1. The fourth-order valence-electron chi connectivity index (χ4n) is 1.13.